The fourth-order valence-corrected chi connectivity index (χ4v) is 3.85. The standard InChI is InChI=1S/C19H29N3O.ClH/c1-15-12-17(9-10-20-15)19(23)21-18-8-5-11-22(14-18)13-16-6-3-2-4-7-16;/h2-4,6-7,15,17-18,20H,5,8-14H2,1H3,(H,21,23);1H/t15-,17-,18?;/m0./s1. The van der Waals surface area contributed by atoms with E-state index in [1.165, 1.54) is 12.0 Å². The number of likely N-dealkylation sites (tertiary alicyclic amines) is 1. The van der Waals surface area contributed by atoms with Crippen molar-refractivity contribution in [3.8, 4) is 0 Å². The number of piperidine rings is 2. The lowest BCUT2D eigenvalue weighted by Gasteiger charge is -2.35. The van der Waals surface area contributed by atoms with Crippen LogP contribution in [0.3, 0.4) is 0 Å². The first-order chi connectivity index (χ1) is 11.2. The molecule has 1 unspecified atom stereocenters. The van der Waals surface area contributed by atoms with Gasteiger partial charge in [-0.25, -0.2) is 0 Å². The number of nitrogens with zero attached hydrogens (tertiary/aromatic N) is 1. The van der Waals surface area contributed by atoms with E-state index in [1.807, 2.05) is 0 Å². The lowest BCUT2D eigenvalue weighted by molar-refractivity contribution is -0.127. The summed E-state index contributed by atoms with van der Waals surface area (Å²) in [5.41, 5.74) is 1.35. The topological polar surface area (TPSA) is 44.4 Å². The molecule has 2 fully saturated rings. The largest absolute Gasteiger partial charge is 0.352 e. The van der Waals surface area contributed by atoms with Gasteiger partial charge in [0.1, 0.15) is 0 Å². The summed E-state index contributed by atoms with van der Waals surface area (Å²) < 4.78 is 0. The third kappa shape index (κ3) is 5.47. The first kappa shape index (κ1) is 19.2. The van der Waals surface area contributed by atoms with E-state index in [0.717, 1.165) is 45.4 Å². The molecule has 2 saturated heterocycles. The van der Waals surface area contributed by atoms with Crippen molar-refractivity contribution in [2.75, 3.05) is 19.6 Å². The quantitative estimate of drug-likeness (QED) is 0.876. The Balaban J connectivity index is 0.00000208. The monoisotopic (exact) mass is 351 g/mol. The van der Waals surface area contributed by atoms with E-state index >= 15 is 0 Å². The number of rotatable bonds is 4. The number of benzene rings is 1. The second-order valence-electron chi connectivity index (χ2n) is 7.14. The van der Waals surface area contributed by atoms with E-state index in [9.17, 15) is 4.79 Å². The number of nitrogens with one attached hydrogen (secondary N) is 2. The Kier molecular flexibility index (Phi) is 7.53. The summed E-state index contributed by atoms with van der Waals surface area (Å²) in [6, 6.07) is 11.4. The molecule has 2 aliphatic heterocycles. The van der Waals surface area contributed by atoms with Gasteiger partial charge in [-0.1, -0.05) is 30.3 Å². The fourth-order valence-electron chi connectivity index (χ4n) is 3.85. The van der Waals surface area contributed by atoms with Crippen LogP contribution in [0.15, 0.2) is 30.3 Å². The minimum atomic E-state index is 0. The molecule has 3 atom stereocenters. The molecule has 2 N–H and O–H groups in total. The molecule has 1 amide bonds. The Labute approximate surface area is 151 Å². The normalized spacial score (nSPS) is 28.0. The van der Waals surface area contributed by atoms with Gasteiger partial charge in [-0.3, -0.25) is 9.69 Å². The molecule has 1 aromatic carbocycles. The van der Waals surface area contributed by atoms with Crippen molar-refractivity contribution in [2.45, 2.75) is 51.2 Å². The molecule has 0 spiro atoms. The molecular formula is C19H30ClN3O. The number of hydrogen-bond acceptors (Lipinski definition) is 3. The highest BCUT2D eigenvalue weighted by molar-refractivity contribution is 5.85. The van der Waals surface area contributed by atoms with Crippen molar-refractivity contribution in [3.63, 3.8) is 0 Å². The summed E-state index contributed by atoms with van der Waals surface area (Å²) in [5.74, 6) is 0.459. The van der Waals surface area contributed by atoms with Crippen LogP contribution in [0.2, 0.25) is 0 Å². The van der Waals surface area contributed by atoms with Crippen molar-refractivity contribution in [3.05, 3.63) is 35.9 Å². The van der Waals surface area contributed by atoms with Gasteiger partial charge in [0.15, 0.2) is 0 Å². The van der Waals surface area contributed by atoms with Crippen molar-refractivity contribution in [1.82, 2.24) is 15.5 Å². The Morgan fingerprint density at radius 3 is 2.83 bits per heavy atom. The van der Waals surface area contributed by atoms with Gasteiger partial charge < -0.3 is 10.6 Å². The van der Waals surface area contributed by atoms with Crippen LogP contribution >= 0.6 is 12.4 Å². The highest BCUT2D eigenvalue weighted by Gasteiger charge is 2.28. The van der Waals surface area contributed by atoms with E-state index < -0.39 is 0 Å². The SMILES string of the molecule is C[C@H]1C[C@@H](C(=O)NC2CCCN(Cc3ccccc3)C2)CCN1.Cl. The van der Waals surface area contributed by atoms with Crippen LogP contribution in [-0.2, 0) is 11.3 Å². The maximum absolute atomic E-state index is 12.5. The van der Waals surface area contributed by atoms with Crippen LogP contribution in [0.25, 0.3) is 0 Å². The van der Waals surface area contributed by atoms with Gasteiger partial charge in [-0.2, -0.15) is 0 Å². The molecule has 24 heavy (non-hydrogen) atoms. The molecule has 0 aromatic heterocycles. The van der Waals surface area contributed by atoms with Crippen LogP contribution in [-0.4, -0.2) is 42.5 Å². The Morgan fingerprint density at radius 2 is 2.08 bits per heavy atom. The van der Waals surface area contributed by atoms with Gasteiger partial charge in [0, 0.05) is 31.1 Å². The highest BCUT2D eigenvalue weighted by atomic mass is 35.5. The van der Waals surface area contributed by atoms with E-state index in [4.69, 9.17) is 0 Å². The van der Waals surface area contributed by atoms with E-state index in [0.29, 0.717) is 12.1 Å². The number of amides is 1. The molecule has 0 bridgehead atoms. The summed E-state index contributed by atoms with van der Waals surface area (Å²) in [4.78, 5) is 15.0. The van der Waals surface area contributed by atoms with E-state index in [2.05, 4.69) is 52.8 Å². The average molecular weight is 352 g/mol. The zero-order chi connectivity index (χ0) is 16.1. The van der Waals surface area contributed by atoms with Crippen molar-refractivity contribution in [2.24, 2.45) is 5.92 Å². The minimum Gasteiger partial charge on any atom is -0.352 e. The number of carbonyl (C=O) groups is 1. The smallest absolute Gasteiger partial charge is 0.223 e. The van der Waals surface area contributed by atoms with E-state index in [-0.39, 0.29) is 24.2 Å². The summed E-state index contributed by atoms with van der Waals surface area (Å²) in [7, 11) is 0. The summed E-state index contributed by atoms with van der Waals surface area (Å²) in [6.07, 6.45) is 4.21. The minimum absolute atomic E-state index is 0. The Hall–Kier alpha value is -1.10. The summed E-state index contributed by atoms with van der Waals surface area (Å²) >= 11 is 0. The number of halogens is 1. The predicted molar refractivity (Wildman–Crippen MR) is 100 cm³/mol. The zero-order valence-electron chi connectivity index (χ0n) is 14.5. The molecular weight excluding hydrogens is 322 g/mol. The molecule has 134 valence electrons. The predicted octanol–water partition coefficient (Wildman–Crippen LogP) is 2.58. The van der Waals surface area contributed by atoms with Crippen LogP contribution < -0.4 is 10.6 Å². The average Bonchev–Trinajstić information content (AvgIpc) is 2.56. The van der Waals surface area contributed by atoms with E-state index in [1.54, 1.807) is 0 Å². The number of hydrogen-bond donors (Lipinski definition) is 2. The summed E-state index contributed by atoms with van der Waals surface area (Å²) in [5, 5.41) is 6.73. The molecule has 1 aromatic rings. The molecule has 5 heteroatoms. The van der Waals surface area contributed by atoms with Crippen LogP contribution in [0.1, 0.15) is 38.2 Å². The van der Waals surface area contributed by atoms with Gasteiger partial charge in [0.25, 0.3) is 0 Å². The molecule has 2 heterocycles. The summed E-state index contributed by atoms with van der Waals surface area (Å²) in [6.45, 7) is 6.22. The lowest BCUT2D eigenvalue weighted by atomic mass is 9.92. The van der Waals surface area contributed by atoms with Gasteiger partial charge in [-0.15, -0.1) is 12.4 Å². The second-order valence-corrected chi connectivity index (χ2v) is 7.14. The first-order valence-electron chi connectivity index (χ1n) is 9.01. The molecule has 2 aliphatic rings. The fraction of sp³-hybridized carbons (Fsp3) is 0.632. The Bertz CT molecular complexity index is 511. The maximum Gasteiger partial charge on any atom is 0.223 e. The molecule has 0 radical (unpaired) electrons. The first-order valence-corrected chi connectivity index (χ1v) is 9.01. The molecule has 0 saturated carbocycles. The van der Waals surface area contributed by atoms with Gasteiger partial charge >= 0.3 is 0 Å². The maximum atomic E-state index is 12.5. The molecule has 0 aliphatic carbocycles. The van der Waals surface area contributed by atoms with Crippen LogP contribution in [0.4, 0.5) is 0 Å². The third-order valence-corrected chi connectivity index (χ3v) is 5.10. The lowest BCUT2D eigenvalue weighted by Crippen LogP contribution is -2.50. The molecule has 4 nitrogen and oxygen atoms in total. The Morgan fingerprint density at radius 1 is 1.29 bits per heavy atom. The van der Waals surface area contributed by atoms with Crippen molar-refractivity contribution in [1.29, 1.82) is 0 Å². The van der Waals surface area contributed by atoms with Gasteiger partial charge in [0.2, 0.25) is 5.91 Å². The third-order valence-electron chi connectivity index (χ3n) is 5.10. The second kappa shape index (κ2) is 9.40. The zero-order valence-corrected chi connectivity index (χ0v) is 15.4. The van der Waals surface area contributed by atoms with Crippen LogP contribution in [0.5, 0.6) is 0 Å². The van der Waals surface area contributed by atoms with Crippen molar-refractivity contribution < 1.29 is 4.79 Å². The van der Waals surface area contributed by atoms with Gasteiger partial charge in [0.05, 0.1) is 0 Å². The van der Waals surface area contributed by atoms with Crippen LogP contribution in [0, 0.1) is 5.92 Å². The van der Waals surface area contributed by atoms with Crippen molar-refractivity contribution >= 4 is 18.3 Å². The van der Waals surface area contributed by atoms with Gasteiger partial charge in [-0.05, 0) is 51.3 Å². The highest BCUT2D eigenvalue weighted by Crippen LogP contribution is 2.18. The number of carbonyl (C=O) groups excluding carboxylic acids is 1. The molecule has 3 rings (SSSR count).